The summed E-state index contributed by atoms with van der Waals surface area (Å²) in [5.74, 6) is 0.117. The van der Waals surface area contributed by atoms with E-state index in [1.807, 2.05) is 0 Å². The molecule has 0 aliphatic rings. The van der Waals surface area contributed by atoms with E-state index >= 15 is 0 Å². The number of benzene rings is 1. The predicted octanol–water partition coefficient (Wildman–Crippen LogP) is 2.60. The number of aromatic amines is 1. The maximum Gasteiger partial charge on any atom is 0.422 e. The maximum absolute atomic E-state index is 12.4. The molecular formula is C15H14F3N7O2. The Morgan fingerprint density at radius 2 is 1.81 bits per heavy atom. The van der Waals surface area contributed by atoms with Gasteiger partial charge in [-0.3, -0.25) is 5.10 Å². The third-order valence-corrected chi connectivity index (χ3v) is 3.12. The Morgan fingerprint density at radius 1 is 1.07 bits per heavy atom. The predicted molar refractivity (Wildman–Crippen MR) is 88.7 cm³/mol. The molecule has 0 bridgehead atoms. The van der Waals surface area contributed by atoms with Gasteiger partial charge in [-0.05, 0) is 17.7 Å². The van der Waals surface area contributed by atoms with Crippen LogP contribution in [0.1, 0.15) is 5.56 Å². The lowest BCUT2D eigenvalue weighted by Gasteiger charge is -2.11. The van der Waals surface area contributed by atoms with Crippen LogP contribution >= 0.6 is 0 Å². The molecule has 27 heavy (non-hydrogen) atoms. The van der Waals surface area contributed by atoms with Crippen LogP contribution < -0.4 is 15.4 Å². The number of alkyl halides is 3. The average Bonchev–Trinajstić information content (AvgIpc) is 3.12. The Bertz CT molecular complexity index is 870. The van der Waals surface area contributed by atoms with Crippen LogP contribution in [0, 0.1) is 0 Å². The molecule has 0 fully saturated rings. The third kappa shape index (κ3) is 5.73. The van der Waals surface area contributed by atoms with Crippen LogP contribution in [-0.2, 0) is 6.54 Å². The smallest absolute Gasteiger partial charge is 0.422 e. The highest BCUT2D eigenvalue weighted by molar-refractivity contribution is 5.51. The summed E-state index contributed by atoms with van der Waals surface area (Å²) < 4.78 is 41.8. The van der Waals surface area contributed by atoms with Crippen LogP contribution in [0.15, 0.2) is 36.7 Å². The fourth-order valence-electron chi connectivity index (χ4n) is 1.95. The van der Waals surface area contributed by atoms with E-state index < -0.39 is 18.8 Å². The number of aromatic nitrogens is 5. The van der Waals surface area contributed by atoms with Crippen molar-refractivity contribution in [1.29, 1.82) is 0 Å². The first kappa shape index (κ1) is 18.2. The molecule has 0 aliphatic carbocycles. The van der Waals surface area contributed by atoms with Gasteiger partial charge < -0.3 is 20.5 Å². The lowest BCUT2D eigenvalue weighted by Crippen LogP contribution is -2.20. The highest BCUT2D eigenvalue weighted by Crippen LogP contribution is 2.20. The summed E-state index contributed by atoms with van der Waals surface area (Å²) in [5, 5.41) is 21.2. The van der Waals surface area contributed by atoms with E-state index in [9.17, 15) is 18.3 Å². The number of hydrogen-bond donors (Lipinski definition) is 4. The molecule has 9 nitrogen and oxygen atoms in total. The van der Waals surface area contributed by atoms with Crippen LogP contribution in [0.2, 0.25) is 0 Å². The number of ether oxygens (including phenoxy) is 1. The van der Waals surface area contributed by atoms with Crippen LogP contribution in [0.3, 0.4) is 0 Å². The van der Waals surface area contributed by atoms with Crippen LogP contribution in [-0.4, -0.2) is 43.0 Å². The lowest BCUT2D eigenvalue weighted by molar-refractivity contribution is -0.154. The topological polar surface area (TPSA) is 121 Å². The largest absolute Gasteiger partial charge is 0.508 e. The minimum atomic E-state index is -4.52. The van der Waals surface area contributed by atoms with Gasteiger partial charge in [-0.1, -0.05) is 12.1 Å². The monoisotopic (exact) mass is 381 g/mol. The molecule has 0 atom stereocenters. The van der Waals surface area contributed by atoms with Crippen molar-refractivity contribution in [3.8, 4) is 11.8 Å². The van der Waals surface area contributed by atoms with Crippen LogP contribution in [0.25, 0.3) is 0 Å². The van der Waals surface area contributed by atoms with Crippen molar-refractivity contribution in [2.75, 3.05) is 17.2 Å². The SMILES string of the molecule is Oc1ccc(CNc2nc(Nc3cn[nH]c3)nc(OCC(F)(F)F)n2)cc1. The van der Waals surface area contributed by atoms with Gasteiger partial charge in [0.05, 0.1) is 11.9 Å². The van der Waals surface area contributed by atoms with E-state index in [-0.39, 0.29) is 24.2 Å². The van der Waals surface area contributed by atoms with Crippen molar-refractivity contribution in [2.45, 2.75) is 12.7 Å². The zero-order valence-electron chi connectivity index (χ0n) is 13.7. The molecule has 0 spiro atoms. The average molecular weight is 381 g/mol. The van der Waals surface area contributed by atoms with E-state index in [4.69, 9.17) is 0 Å². The summed E-state index contributed by atoms with van der Waals surface area (Å²) in [7, 11) is 0. The third-order valence-electron chi connectivity index (χ3n) is 3.12. The summed E-state index contributed by atoms with van der Waals surface area (Å²) in [4.78, 5) is 11.7. The molecule has 0 amide bonds. The molecule has 0 saturated heterocycles. The van der Waals surface area contributed by atoms with E-state index in [2.05, 4.69) is 40.5 Å². The van der Waals surface area contributed by atoms with Gasteiger partial charge in [-0.15, -0.1) is 0 Å². The minimum absolute atomic E-state index is 0.0150. The summed E-state index contributed by atoms with van der Waals surface area (Å²) in [5.41, 5.74) is 1.31. The van der Waals surface area contributed by atoms with Crippen molar-refractivity contribution < 1.29 is 23.0 Å². The molecule has 4 N–H and O–H groups in total. The molecular weight excluding hydrogens is 367 g/mol. The molecule has 2 heterocycles. The Morgan fingerprint density at radius 3 is 2.48 bits per heavy atom. The molecule has 3 aromatic rings. The van der Waals surface area contributed by atoms with Crippen molar-refractivity contribution in [1.82, 2.24) is 25.1 Å². The molecule has 0 unspecified atom stereocenters. The first-order valence-electron chi connectivity index (χ1n) is 7.60. The summed E-state index contributed by atoms with van der Waals surface area (Å²) >= 11 is 0. The number of rotatable bonds is 7. The van der Waals surface area contributed by atoms with E-state index in [0.29, 0.717) is 5.69 Å². The van der Waals surface area contributed by atoms with Gasteiger partial charge >= 0.3 is 12.2 Å². The number of anilines is 3. The van der Waals surface area contributed by atoms with Gasteiger partial charge in [0.15, 0.2) is 6.61 Å². The first-order valence-corrected chi connectivity index (χ1v) is 7.60. The number of phenolic OH excluding ortho intramolecular Hbond substituents is 1. The molecule has 12 heteroatoms. The summed E-state index contributed by atoms with van der Waals surface area (Å²) in [6, 6.07) is 5.88. The molecule has 1 aromatic carbocycles. The van der Waals surface area contributed by atoms with Gasteiger partial charge in [0.1, 0.15) is 5.75 Å². The first-order chi connectivity index (χ1) is 12.9. The highest BCUT2D eigenvalue weighted by Gasteiger charge is 2.29. The zero-order valence-corrected chi connectivity index (χ0v) is 13.7. The number of H-pyrrole nitrogens is 1. The van der Waals surface area contributed by atoms with Crippen molar-refractivity contribution in [2.24, 2.45) is 0 Å². The summed E-state index contributed by atoms with van der Waals surface area (Å²) in [6.45, 7) is -1.26. The Hall–Kier alpha value is -3.57. The molecule has 0 aliphatic heterocycles. The fraction of sp³-hybridized carbons (Fsp3) is 0.200. The molecule has 0 radical (unpaired) electrons. The Labute approximate surface area is 150 Å². The maximum atomic E-state index is 12.4. The zero-order chi connectivity index (χ0) is 19.3. The number of phenols is 1. The number of nitrogens with one attached hydrogen (secondary N) is 3. The van der Waals surface area contributed by atoms with Crippen LogP contribution in [0.4, 0.5) is 30.8 Å². The second kappa shape index (κ2) is 7.76. The normalized spacial score (nSPS) is 11.2. The van der Waals surface area contributed by atoms with Crippen molar-refractivity contribution in [3.63, 3.8) is 0 Å². The van der Waals surface area contributed by atoms with E-state index in [1.54, 1.807) is 12.1 Å². The van der Waals surface area contributed by atoms with E-state index in [0.717, 1.165) is 5.56 Å². The van der Waals surface area contributed by atoms with Gasteiger partial charge in [0.2, 0.25) is 11.9 Å². The van der Waals surface area contributed by atoms with Crippen molar-refractivity contribution in [3.05, 3.63) is 42.2 Å². The second-order valence-electron chi connectivity index (χ2n) is 5.30. The molecule has 0 saturated carbocycles. The van der Waals surface area contributed by atoms with Gasteiger partial charge in [0.25, 0.3) is 0 Å². The molecule has 142 valence electrons. The quantitative estimate of drug-likeness (QED) is 0.493. The Kier molecular flexibility index (Phi) is 5.24. The van der Waals surface area contributed by atoms with Crippen molar-refractivity contribution >= 4 is 17.6 Å². The molecule has 3 rings (SSSR count). The Balaban J connectivity index is 1.76. The van der Waals surface area contributed by atoms with Gasteiger partial charge in [0, 0.05) is 12.7 Å². The fourth-order valence-corrected chi connectivity index (χ4v) is 1.95. The minimum Gasteiger partial charge on any atom is -0.508 e. The number of hydrogen-bond acceptors (Lipinski definition) is 8. The second-order valence-corrected chi connectivity index (χ2v) is 5.30. The van der Waals surface area contributed by atoms with Gasteiger partial charge in [-0.2, -0.15) is 33.2 Å². The lowest BCUT2D eigenvalue weighted by atomic mass is 10.2. The number of aromatic hydroxyl groups is 1. The van der Waals surface area contributed by atoms with E-state index in [1.165, 1.54) is 24.5 Å². The van der Waals surface area contributed by atoms with Crippen LogP contribution in [0.5, 0.6) is 11.8 Å². The number of halogens is 3. The van der Waals surface area contributed by atoms with Gasteiger partial charge in [-0.25, -0.2) is 0 Å². The number of nitrogens with zero attached hydrogens (tertiary/aromatic N) is 4. The highest BCUT2D eigenvalue weighted by atomic mass is 19.4. The summed E-state index contributed by atoms with van der Waals surface area (Å²) in [6.07, 6.45) is -1.56. The standard InChI is InChI=1S/C15H14F3N7O2/c16-15(17,18)8-27-14-24-12(19-5-9-1-3-11(26)4-2-9)23-13(25-14)22-10-6-20-21-7-10/h1-4,6-7,26H,5,8H2,(H,20,21)(H2,19,22,23,24,25). The molecule has 2 aromatic heterocycles.